The molecular formula is C50H88N4O6. The fourth-order valence-electron chi connectivity index (χ4n) is 13.7. The maximum Gasteiger partial charge on any atom is 0.326 e. The van der Waals surface area contributed by atoms with Crippen molar-refractivity contribution in [1.82, 2.24) is 16.0 Å². The Balaban J connectivity index is 0.000000373. The lowest BCUT2D eigenvalue weighted by atomic mass is 9.33. The summed E-state index contributed by atoms with van der Waals surface area (Å²) in [7, 11) is 1.71. The molecule has 4 saturated carbocycles. The van der Waals surface area contributed by atoms with Crippen molar-refractivity contribution >= 4 is 23.6 Å². The van der Waals surface area contributed by atoms with Crippen LogP contribution in [0.3, 0.4) is 0 Å². The number of aliphatic hydroxyl groups excluding tert-OH is 1. The predicted molar refractivity (Wildman–Crippen MR) is 242 cm³/mol. The van der Waals surface area contributed by atoms with Gasteiger partial charge in [-0.15, -0.1) is 0 Å². The molecule has 0 saturated heterocycles. The average Bonchev–Trinajstić information content (AvgIpc) is 3.16. The molecule has 2 amide bonds. The molecular weight excluding hydrogens is 753 g/mol. The minimum absolute atomic E-state index is 0.0518. The maximum absolute atomic E-state index is 14.5. The Morgan fingerprint density at radius 3 is 2.05 bits per heavy atom. The molecule has 10 nitrogen and oxygen atoms in total. The highest BCUT2D eigenvalue weighted by Gasteiger charge is 2.69. The molecule has 11 atom stereocenters. The van der Waals surface area contributed by atoms with Crippen LogP contribution in [0.25, 0.3) is 0 Å². The number of hydrogen-bond donors (Lipinski definition) is 6. The van der Waals surface area contributed by atoms with Gasteiger partial charge in [0.05, 0.1) is 23.6 Å². The van der Waals surface area contributed by atoms with Crippen LogP contribution in [0.4, 0.5) is 0 Å². The third kappa shape index (κ3) is 9.76. The van der Waals surface area contributed by atoms with E-state index in [1.165, 1.54) is 12.8 Å². The number of carboxylic acids is 1. The number of ketones is 1. The first-order valence-corrected chi connectivity index (χ1v) is 24.0. The van der Waals surface area contributed by atoms with E-state index in [1.54, 1.807) is 19.5 Å². The number of carbonyl (C=O) groups is 4. The number of carboxylic acid groups (broad SMARTS) is 1. The van der Waals surface area contributed by atoms with Gasteiger partial charge in [0.25, 0.3) is 0 Å². The number of unbranched alkanes of at least 4 members (excludes halogenated alkanes) is 3. The summed E-state index contributed by atoms with van der Waals surface area (Å²) >= 11 is 0. The van der Waals surface area contributed by atoms with Gasteiger partial charge in [0, 0.05) is 0 Å². The van der Waals surface area contributed by atoms with Crippen molar-refractivity contribution in [3.8, 4) is 0 Å². The molecule has 5 aliphatic rings. The molecule has 0 bridgehead atoms. The zero-order valence-corrected chi connectivity index (χ0v) is 40.0. The van der Waals surface area contributed by atoms with E-state index >= 15 is 0 Å². The van der Waals surface area contributed by atoms with Gasteiger partial charge < -0.3 is 31.9 Å². The van der Waals surface area contributed by atoms with Crippen LogP contribution in [0.15, 0.2) is 11.6 Å². The third-order valence-electron chi connectivity index (χ3n) is 17.8. The van der Waals surface area contributed by atoms with Crippen LogP contribution in [0.2, 0.25) is 0 Å². The van der Waals surface area contributed by atoms with Gasteiger partial charge in [-0.1, -0.05) is 100 Å². The van der Waals surface area contributed by atoms with Crippen LogP contribution in [0.1, 0.15) is 185 Å². The number of nitrogens with two attached hydrogens (primary N) is 1. The van der Waals surface area contributed by atoms with Crippen molar-refractivity contribution in [1.29, 1.82) is 0 Å². The van der Waals surface area contributed by atoms with E-state index in [0.29, 0.717) is 31.2 Å². The molecule has 344 valence electrons. The van der Waals surface area contributed by atoms with Crippen molar-refractivity contribution in [3.63, 3.8) is 0 Å². The highest BCUT2D eigenvalue weighted by molar-refractivity contribution is 5.91. The minimum Gasteiger partial charge on any atom is -0.480 e. The van der Waals surface area contributed by atoms with Crippen LogP contribution < -0.4 is 21.7 Å². The number of nitrogens with one attached hydrogen (secondary N) is 3. The van der Waals surface area contributed by atoms with E-state index in [1.807, 2.05) is 13.8 Å². The number of allylic oxidation sites excluding steroid dienone is 2. The summed E-state index contributed by atoms with van der Waals surface area (Å²) < 4.78 is 0. The number of rotatable bonds is 16. The van der Waals surface area contributed by atoms with E-state index in [0.717, 1.165) is 83.5 Å². The van der Waals surface area contributed by atoms with Crippen LogP contribution in [0.5, 0.6) is 0 Å². The van der Waals surface area contributed by atoms with Gasteiger partial charge in [-0.3, -0.25) is 14.4 Å². The van der Waals surface area contributed by atoms with Crippen LogP contribution >= 0.6 is 0 Å². The fourth-order valence-corrected chi connectivity index (χ4v) is 13.7. The third-order valence-corrected chi connectivity index (χ3v) is 17.8. The normalized spacial score (nSPS) is 35.4. The number of fused-ring (bicyclic) bond motifs is 7. The lowest BCUT2D eigenvalue weighted by Gasteiger charge is -2.71. The molecule has 0 unspecified atom stereocenters. The van der Waals surface area contributed by atoms with Crippen molar-refractivity contribution < 1.29 is 29.4 Å². The zero-order valence-electron chi connectivity index (χ0n) is 40.0. The number of aliphatic carboxylic acids is 1. The summed E-state index contributed by atoms with van der Waals surface area (Å²) in [5, 5.41) is 28.9. The van der Waals surface area contributed by atoms with Gasteiger partial charge in [-0.25, -0.2) is 4.79 Å². The average molecular weight is 841 g/mol. The number of hydrogen-bond acceptors (Lipinski definition) is 7. The minimum atomic E-state index is -0.960. The topological polar surface area (TPSA) is 171 Å². The molecule has 0 radical (unpaired) electrons. The van der Waals surface area contributed by atoms with Gasteiger partial charge in [-0.05, 0) is 161 Å². The Labute approximate surface area is 364 Å². The molecule has 60 heavy (non-hydrogen) atoms. The number of carbonyl (C=O) groups excluding carboxylic acids is 3. The van der Waals surface area contributed by atoms with Crippen molar-refractivity contribution in [3.05, 3.63) is 11.6 Å². The highest BCUT2D eigenvalue weighted by atomic mass is 16.4. The lowest BCUT2D eigenvalue weighted by molar-refractivity contribution is -0.203. The monoisotopic (exact) mass is 841 g/mol. The zero-order chi connectivity index (χ0) is 45.1. The van der Waals surface area contributed by atoms with Gasteiger partial charge in [0.15, 0.2) is 5.78 Å². The maximum atomic E-state index is 14.5. The lowest BCUT2D eigenvalue weighted by Crippen LogP contribution is -2.65. The molecule has 0 aromatic heterocycles. The quantitative estimate of drug-likeness (QED) is 0.0662. The largest absolute Gasteiger partial charge is 0.480 e. The van der Waals surface area contributed by atoms with Crippen molar-refractivity contribution in [2.24, 2.45) is 61.9 Å². The van der Waals surface area contributed by atoms with Gasteiger partial charge in [0.2, 0.25) is 11.8 Å². The molecule has 0 aromatic rings. The van der Waals surface area contributed by atoms with Gasteiger partial charge in [0.1, 0.15) is 6.04 Å². The summed E-state index contributed by atoms with van der Waals surface area (Å²) in [6, 6.07) is -1.54. The van der Waals surface area contributed by atoms with E-state index in [9.17, 15) is 24.3 Å². The number of aliphatic hydroxyl groups is 1. The number of amides is 2. The second-order valence-electron chi connectivity index (χ2n) is 22.6. The van der Waals surface area contributed by atoms with E-state index in [2.05, 4.69) is 77.4 Å². The molecule has 0 aromatic carbocycles. The Kier molecular flexibility index (Phi) is 16.5. The predicted octanol–water partition coefficient (Wildman–Crippen LogP) is 8.73. The second-order valence-corrected chi connectivity index (χ2v) is 22.6. The molecule has 4 fully saturated rings. The van der Waals surface area contributed by atoms with Crippen molar-refractivity contribution in [2.45, 2.75) is 210 Å². The first-order valence-electron chi connectivity index (χ1n) is 24.0. The summed E-state index contributed by atoms with van der Waals surface area (Å²) in [5.41, 5.74) is 7.46. The summed E-state index contributed by atoms with van der Waals surface area (Å²) in [6.07, 6.45) is 18.6. The smallest absolute Gasteiger partial charge is 0.326 e. The van der Waals surface area contributed by atoms with Crippen LogP contribution in [-0.2, 0) is 19.2 Å². The van der Waals surface area contributed by atoms with Crippen molar-refractivity contribution in [2.75, 3.05) is 13.6 Å². The SMILES string of the molecule is CC(=O)[C@H](CCCCN)NC(=O)[C@]12CCC(C)(C)C[C@H]1C1=CC[C@@H]3[C@@]4(C)CC[C@H](O)C(C)(C)[C@@H]4CC[C@@]3(C)[C@]1(C)CC2.CCCCC[C@H](NC(=O)[C@@H](NC)C(C)C)C(=O)O. The second kappa shape index (κ2) is 19.6. The van der Waals surface area contributed by atoms with E-state index in [-0.39, 0.29) is 68.7 Å². The van der Waals surface area contributed by atoms with E-state index < -0.39 is 23.5 Å². The molecule has 10 heteroatoms. The highest BCUT2D eigenvalue weighted by Crippen LogP contribution is 2.75. The fraction of sp³-hybridized carbons (Fsp3) is 0.880. The number of Topliss-reactive ketones (excluding diaryl/α,β-unsaturated/α-hetero) is 1. The van der Waals surface area contributed by atoms with Crippen LogP contribution in [0, 0.1) is 56.2 Å². The first-order chi connectivity index (χ1) is 27.9. The molecule has 5 aliphatic carbocycles. The van der Waals surface area contributed by atoms with E-state index in [4.69, 9.17) is 10.8 Å². The van der Waals surface area contributed by atoms with Gasteiger partial charge >= 0.3 is 5.97 Å². The standard InChI is InChI=1S/C37H62N2O3.C13H26N2O3/c1-24(40)27(11-9-10-22-38)39-31(42)37-20-18-32(2,3)23-26(37)25-12-13-29-34(6)16-15-30(41)33(4,5)28(34)14-17-36(29,8)35(25,7)19-21-37;1-5-6-7-8-10(13(17)18)15-12(16)11(14-4)9(2)3/h12,26-30,41H,9-11,13-23,38H2,1-8H3,(H,39,42);9-11,14H,5-8H2,1-4H3,(H,15,16)(H,17,18)/t26-,27-,28-,29+,30-,34-,35+,36+,37-;10-,11-/m00/s1. The molecule has 0 aliphatic heterocycles. The number of likely N-dealkylation sites (N-methyl/N-ethyl adjacent to an activating group) is 1. The molecule has 0 spiro atoms. The summed E-state index contributed by atoms with van der Waals surface area (Å²) in [6.45, 7) is 25.3. The Morgan fingerprint density at radius 2 is 1.47 bits per heavy atom. The molecule has 7 N–H and O–H groups in total. The molecule has 0 heterocycles. The Morgan fingerprint density at radius 1 is 0.833 bits per heavy atom. The summed E-state index contributed by atoms with van der Waals surface area (Å²) in [5.74, 6) is 0.467. The van der Waals surface area contributed by atoms with Gasteiger partial charge in [-0.2, -0.15) is 0 Å². The Hall–Kier alpha value is -2.30. The molecule has 5 rings (SSSR count). The Bertz CT molecular complexity index is 1560. The summed E-state index contributed by atoms with van der Waals surface area (Å²) in [4.78, 5) is 50.1. The van der Waals surface area contributed by atoms with Crippen LogP contribution in [-0.4, -0.2) is 71.6 Å². The first kappa shape index (κ1) is 50.3.